The van der Waals surface area contributed by atoms with Crippen LogP contribution in [-0.4, -0.2) is 95.6 Å². The van der Waals surface area contributed by atoms with E-state index in [1.165, 1.54) is 180 Å². The molecule has 0 aliphatic heterocycles. The third-order valence-electron chi connectivity index (χ3n) is 38.0. The molecule has 0 radical (unpaired) electrons. The number of aliphatic carboxylic acids is 2. The molecule has 10 nitrogen and oxygen atoms in total. The number of alkyl halides is 3. The highest BCUT2D eigenvalue weighted by Gasteiger charge is 2.69. The summed E-state index contributed by atoms with van der Waals surface area (Å²) in [7, 11) is 0. The van der Waals surface area contributed by atoms with Gasteiger partial charge in [-0.25, -0.2) is 0 Å². The SMILES string of the molecule is CC(C)(C)C1(C(=O)O)CC1.CC(C)(C)C1(C(F)(F)F)CC1.CC(C)(C)C1(CO)CC1.CC(C)(C)C1CC1.CC(C)(C)C1CCC(O)C1.CC(C)(C)C1CCC1.CC(C)(C)C1CCCC1O.CC(C)C1(C)CC1.CC(C)C1(C)CCC1.CC(C)C1CCC(C(=O)O)CC1.CC(C)C1CCC(O)CC1.CC(C)C1CCCCC1O.CC1(O)CCC(C(C)(C)C)CC1.CCCC1CCC(C(C)C)CC1. The predicted octanol–water partition coefficient (Wildman–Crippen LogP) is 36.2. The molecule has 6 unspecified atom stereocenters. The molecule has 13 heteroatoms. The van der Waals surface area contributed by atoms with Crippen LogP contribution in [-0.2, 0) is 9.59 Å². The van der Waals surface area contributed by atoms with Crippen LogP contribution in [0.3, 0.4) is 0 Å². The fourth-order valence-electron chi connectivity index (χ4n) is 22.7. The summed E-state index contributed by atoms with van der Waals surface area (Å²) in [6.45, 7) is 88.8. The maximum atomic E-state index is 12.4. The highest BCUT2D eigenvalue weighted by Crippen LogP contribution is 2.67. The first kappa shape index (κ1) is 132. The third kappa shape index (κ3) is 48.4. The second kappa shape index (κ2) is 57.1. The molecule has 0 amide bonds. The lowest BCUT2D eigenvalue weighted by Crippen LogP contribution is -2.36. The lowest BCUT2D eigenvalue weighted by molar-refractivity contribution is -0.215. The molecule has 6 atom stereocenters. The summed E-state index contributed by atoms with van der Waals surface area (Å²) in [6.07, 6.45) is 48.6. The van der Waals surface area contributed by atoms with Crippen molar-refractivity contribution < 1.29 is 63.6 Å². The molecule has 14 rings (SSSR count). The molecule has 0 spiro atoms. The smallest absolute Gasteiger partial charge is 0.395 e. The van der Waals surface area contributed by atoms with Gasteiger partial charge in [0, 0.05) is 6.61 Å². The maximum absolute atomic E-state index is 12.4. The van der Waals surface area contributed by atoms with Crippen molar-refractivity contribution in [3.8, 4) is 0 Å². The average molecular weight is 1940 g/mol. The molecule has 14 aliphatic rings. The topological polar surface area (TPSA) is 196 Å². The minimum Gasteiger partial charge on any atom is -0.481 e. The number of carbonyl (C=O) groups is 2. The predicted molar refractivity (Wildman–Crippen MR) is 578 cm³/mol. The highest BCUT2D eigenvalue weighted by atomic mass is 19.4. The van der Waals surface area contributed by atoms with Crippen LogP contribution in [0.25, 0.3) is 0 Å². The first-order valence-electron chi connectivity index (χ1n) is 57.3. The summed E-state index contributed by atoms with van der Waals surface area (Å²) in [4.78, 5) is 21.4. The standard InChI is InChI=1S/C12H24.C11H22O.C10H18O2.4C9H18O.C8H13F3.C8H14O2.C8H16O.2C8H16.2C7H14/c1-4-5-11-6-8-12(9-7-11)10(2)3;1-10(2,3)9-5-7-11(4,12)8-6-9;1-7(2)8-3-5-9(6-4-8)10(11)12;1-9(2,3)7-4-5-8(10)6-7;1-9(2,3)7-5-4-6-8(7)10;1-7(2)8-3-5-9(10)6-4-8;1-7(2)8-5-3-4-6-9(8)10;1-6(2,3)7(4-5-7)8(9,10)11;1-7(2,3)8(4-5-8)6(9)10;1-7(2,3)8(6-9)4-5-8;1-8(2,3)7-5-4-6-7;1-7(2)8(3)5-4-6-8;1-7(2,3)6-4-5-6;1-6(2)7(3)4-5-7/h10-12H,4-9H2,1-3H3;9,12H,5-8H2,1-4H3;7-9H,3-6H2,1-2H3,(H,11,12);2*7-8,10H,4-6H2,1-3H3;2*7-10H,3-6H2,1-2H3;4-5H2,1-3H3;4-5H2,1-3H3,(H,9,10);9H,4-6H2,1-3H3;2*7H,4-6H2,1-3H3;2*6H,4-5H2,1-3H3. The summed E-state index contributed by atoms with van der Waals surface area (Å²) in [5.74, 6) is 12.1. The van der Waals surface area contributed by atoms with Gasteiger partial charge in [-0.15, -0.1) is 0 Å². The minimum absolute atomic E-state index is 0.00579. The monoisotopic (exact) mass is 1930 g/mol. The Morgan fingerprint density at radius 2 is 0.721 bits per heavy atom. The average Bonchev–Trinajstić information content (AvgIpc) is 1.57. The summed E-state index contributed by atoms with van der Waals surface area (Å²) in [6, 6.07) is 0. The molecule has 0 heterocycles. The van der Waals surface area contributed by atoms with Gasteiger partial charge in [-0.05, 0) is 386 Å². The van der Waals surface area contributed by atoms with E-state index < -0.39 is 34.4 Å². The summed E-state index contributed by atoms with van der Waals surface area (Å²) < 4.78 is 37.2. The van der Waals surface area contributed by atoms with Crippen LogP contribution in [0.5, 0.6) is 0 Å². The number of carboxylic acid groups (broad SMARTS) is 2. The zero-order chi connectivity index (χ0) is 106. The van der Waals surface area contributed by atoms with Gasteiger partial charge in [0.05, 0.1) is 46.8 Å². The number of aliphatic hydroxyl groups excluding tert-OH is 5. The van der Waals surface area contributed by atoms with Crippen LogP contribution >= 0.6 is 0 Å². The molecule has 0 aromatic rings. The molecular weight excluding hydrogens is 1690 g/mol. The van der Waals surface area contributed by atoms with E-state index in [4.69, 9.17) is 15.3 Å². The van der Waals surface area contributed by atoms with Gasteiger partial charge in [-0.3, -0.25) is 9.59 Å². The van der Waals surface area contributed by atoms with Crippen molar-refractivity contribution in [3.05, 3.63) is 0 Å². The molecule has 14 fully saturated rings. The van der Waals surface area contributed by atoms with E-state index >= 15 is 0 Å². The normalized spacial score (nSPS) is 29.5. The molecule has 812 valence electrons. The molecule has 0 aromatic carbocycles. The van der Waals surface area contributed by atoms with E-state index in [2.05, 4.69) is 228 Å². The molecule has 14 saturated carbocycles. The number of hydrogen-bond donors (Lipinski definition) is 8. The molecule has 8 N–H and O–H groups in total. The van der Waals surface area contributed by atoms with E-state index in [1.807, 2.05) is 27.7 Å². The van der Waals surface area contributed by atoms with E-state index in [0.717, 1.165) is 178 Å². The van der Waals surface area contributed by atoms with Gasteiger partial charge in [0.25, 0.3) is 0 Å². The number of hydrogen-bond acceptors (Lipinski definition) is 8. The van der Waals surface area contributed by atoms with Gasteiger partial charge >= 0.3 is 18.1 Å². The summed E-state index contributed by atoms with van der Waals surface area (Å²) >= 11 is 0. The number of carboxylic acids is 2. The molecule has 136 heavy (non-hydrogen) atoms. The first-order chi connectivity index (χ1) is 61.7. The Balaban J connectivity index is 0.000000734. The van der Waals surface area contributed by atoms with Gasteiger partial charge in [-0.1, -0.05) is 328 Å². The second-order valence-electron chi connectivity index (χ2n) is 58.5. The van der Waals surface area contributed by atoms with E-state index in [-0.39, 0.29) is 46.8 Å². The van der Waals surface area contributed by atoms with Crippen LogP contribution in [0.1, 0.15) is 559 Å². The lowest BCUT2D eigenvalue weighted by Gasteiger charge is -2.42. The zero-order valence-electron chi connectivity index (χ0n) is 98.0. The Morgan fingerprint density at radius 3 is 0.890 bits per heavy atom. The van der Waals surface area contributed by atoms with Gasteiger partial charge in [0.1, 0.15) is 0 Å². The fourth-order valence-corrected chi connectivity index (χ4v) is 22.7. The Bertz CT molecular complexity index is 3110. The van der Waals surface area contributed by atoms with Crippen LogP contribution in [0.15, 0.2) is 0 Å². The Kier molecular flexibility index (Phi) is 55.7. The van der Waals surface area contributed by atoms with Crippen LogP contribution in [0.2, 0.25) is 0 Å². The summed E-state index contributed by atoms with van der Waals surface area (Å²) in [5, 5.41) is 73.9. The first-order valence-corrected chi connectivity index (χ1v) is 57.3. The molecule has 0 saturated heterocycles. The Hall–Kier alpha value is -1.51. The van der Waals surface area contributed by atoms with Gasteiger partial charge in [0.2, 0.25) is 0 Å². The summed E-state index contributed by atoms with van der Waals surface area (Å²) in [5.41, 5.74) is 1.55. The minimum atomic E-state index is -4.01. The van der Waals surface area contributed by atoms with Crippen molar-refractivity contribution in [2.24, 2.45) is 171 Å². The van der Waals surface area contributed by atoms with E-state index in [9.17, 15) is 48.3 Å². The fraction of sp³-hybridized carbons (Fsp3) is 0.984. The Morgan fingerprint density at radius 1 is 0.353 bits per heavy atom. The van der Waals surface area contributed by atoms with Crippen molar-refractivity contribution in [2.75, 3.05) is 6.61 Å². The van der Waals surface area contributed by atoms with Crippen molar-refractivity contribution >= 4 is 11.9 Å². The molecule has 0 bridgehead atoms. The lowest BCUT2D eigenvalue weighted by atomic mass is 9.64. The zero-order valence-corrected chi connectivity index (χ0v) is 98.0. The van der Waals surface area contributed by atoms with Crippen molar-refractivity contribution in [2.45, 2.75) is 596 Å². The van der Waals surface area contributed by atoms with Crippen molar-refractivity contribution in [3.63, 3.8) is 0 Å². The second-order valence-corrected chi connectivity index (χ2v) is 58.5. The number of halogens is 3. The molecular formula is C123H239F3O10. The maximum Gasteiger partial charge on any atom is 0.395 e. The Labute approximate surface area is 843 Å². The van der Waals surface area contributed by atoms with Gasteiger partial charge in [0.15, 0.2) is 0 Å². The van der Waals surface area contributed by atoms with Crippen LogP contribution in [0.4, 0.5) is 13.2 Å². The van der Waals surface area contributed by atoms with E-state index in [0.29, 0.717) is 69.7 Å². The quantitative estimate of drug-likeness (QED) is 0.0986. The van der Waals surface area contributed by atoms with Crippen molar-refractivity contribution in [1.29, 1.82) is 0 Å². The van der Waals surface area contributed by atoms with Crippen molar-refractivity contribution in [1.82, 2.24) is 0 Å². The van der Waals surface area contributed by atoms with Gasteiger partial charge in [-0.2, -0.15) is 13.2 Å². The van der Waals surface area contributed by atoms with Crippen LogP contribution in [0, 0.1) is 171 Å². The number of rotatable bonds is 11. The van der Waals surface area contributed by atoms with Crippen LogP contribution < -0.4 is 0 Å². The molecule has 0 aromatic heterocycles. The highest BCUT2D eigenvalue weighted by molar-refractivity contribution is 5.78. The third-order valence-corrected chi connectivity index (χ3v) is 38.0. The van der Waals surface area contributed by atoms with Gasteiger partial charge < -0.3 is 40.9 Å². The number of aliphatic hydroxyl groups is 6. The molecule has 14 aliphatic carbocycles. The largest absolute Gasteiger partial charge is 0.481 e. The van der Waals surface area contributed by atoms with E-state index in [1.54, 1.807) is 20.8 Å².